The van der Waals surface area contributed by atoms with Gasteiger partial charge in [0.2, 0.25) is 0 Å². The van der Waals surface area contributed by atoms with Gasteiger partial charge in [0.05, 0.1) is 6.42 Å². The van der Waals surface area contributed by atoms with Crippen LogP contribution in [0.5, 0.6) is 0 Å². The summed E-state index contributed by atoms with van der Waals surface area (Å²) in [6.07, 6.45) is -0.272. The van der Waals surface area contributed by atoms with Gasteiger partial charge in [0.1, 0.15) is 5.82 Å². The molecule has 0 aliphatic rings. The van der Waals surface area contributed by atoms with Crippen LogP contribution in [-0.4, -0.2) is 11.1 Å². The van der Waals surface area contributed by atoms with Gasteiger partial charge in [-0.1, -0.05) is 35.3 Å². The third-order valence-electron chi connectivity index (χ3n) is 2.63. The quantitative estimate of drug-likeness (QED) is 0.910. The second-order valence-corrected chi connectivity index (χ2v) is 4.84. The van der Waals surface area contributed by atoms with Gasteiger partial charge in [-0.15, -0.1) is 0 Å². The van der Waals surface area contributed by atoms with Gasteiger partial charge in [-0.3, -0.25) is 4.79 Å². The van der Waals surface area contributed by atoms with Crippen LogP contribution >= 0.6 is 23.2 Å². The van der Waals surface area contributed by atoms with E-state index < -0.39 is 11.8 Å². The average molecular weight is 299 g/mol. The van der Waals surface area contributed by atoms with Crippen LogP contribution in [0.15, 0.2) is 36.4 Å². The first-order valence-corrected chi connectivity index (χ1v) is 6.18. The molecule has 0 aromatic heterocycles. The third kappa shape index (κ3) is 3.25. The zero-order chi connectivity index (χ0) is 14.0. The Morgan fingerprint density at radius 1 is 1.11 bits per heavy atom. The molecule has 2 nitrogen and oxygen atoms in total. The number of carbonyl (C=O) groups is 1. The van der Waals surface area contributed by atoms with Crippen LogP contribution in [0.25, 0.3) is 11.1 Å². The molecule has 0 radical (unpaired) electrons. The van der Waals surface area contributed by atoms with Crippen molar-refractivity contribution in [2.75, 3.05) is 0 Å². The summed E-state index contributed by atoms with van der Waals surface area (Å²) < 4.78 is 13.2. The summed E-state index contributed by atoms with van der Waals surface area (Å²) in [4.78, 5) is 10.8. The monoisotopic (exact) mass is 298 g/mol. The molecule has 19 heavy (non-hydrogen) atoms. The Morgan fingerprint density at radius 3 is 2.42 bits per heavy atom. The molecule has 0 atom stereocenters. The van der Waals surface area contributed by atoms with E-state index >= 15 is 0 Å². The molecule has 0 bridgehead atoms. The van der Waals surface area contributed by atoms with E-state index in [9.17, 15) is 9.18 Å². The molecule has 5 heteroatoms. The molecule has 0 aliphatic heterocycles. The van der Waals surface area contributed by atoms with Gasteiger partial charge in [0.25, 0.3) is 0 Å². The predicted molar refractivity (Wildman–Crippen MR) is 73.2 cm³/mol. The van der Waals surface area contributed by atoms with E-state index in [1.165, 1.54) is 18.2 Å². The van der Waals surface area contributed by atoms with Crippen LogP contribution in [0.2, 0.25) is 10.0 Å². The lowest BCUT2D eigenvalue weighted by atomic mass is 9.97. The summed E-state index contributed by atoms with van der Waals surface area (Å²) in [6, 6.07) is 8.88. The third-order valence-corrected chi connectivity index (χ3v) is 3.18. The fourth-order valence-electron chi connectivity index (χ4n) is 1.84. The van der Waals surface area contributed by atoms with Crippen molar-refractivity contribution in [2.45, 2.75) is 6.42 Å². The molecule has 0 saturated heterocycles. The molecule has 0 unspecified atom stereocenters. The van der Waals surface area contributed by atoms with Gasteiger partial charge in [-0.2, -0.15) is 0 Å². The first-order valence-electron chi connectivity index (χ1n) is 5.43. The highest BCUT2D eigenvalue weighted by Gasteiger charge is 2.12. The Balaban J connectivity index is 2.57. The number of benzene rings is 2. The van der Waals surface area contributed by atoms with E-state index in [0.29, 0.717) is 26.7 Å². The summed E-state index contributed by atoms with van der Waals surface area (Å²) >= 11 is 11.9. The Kier molecular flexibility index (Phi) is 4.08. The minimum absolute atomic E-state index is 0.272. The van der Waals surface area contributed by atoms with Crippen LogP contribution in [0.4, 0.5) is 4.39 Å². The maximum atomic E-state index is 13.2. The van der Waals surface area contributed by atoms with E-state index in [0.717, 1.165) is 0 Å². The van der Waals surface area contributed by atoms with E-state index in [1.54, 1.807) is 18.2 Å². The van der Waals surface area contributed by atoms with Gasteiger partial charge in [0, 0.05) is 15.6 Å². The SMILES string of the molecule is O=C(O)Cc1cc(F)ccc1-c1ccc(Cl)cc1Cl. The summed E-state index contributed by atoms with van der Waals surface area (Å²) in [7, 11) is 0. The molecule has 0 spiro atoms. The van der Waals surface area contributed by atoms with Crippen LogP contribution in [-0.2, 0) is 11.2 Å². The minimum Gasteiger partial charge on any atom is -0.481 e. The first kappa shape index (κ1) is 13.8. The Morgan fingerprint density at radius 2 is 1.79 bits per heavy atom. The van der Waals surface area contributed by atoms with Gasteiger partial charge in [-0.05, 0) is 35.4 Å². The molecular weight excluding hydrogens is 290 g/mol. The molecular formula is C14H9Cl2FO2. The number of rotatable bonds is 3. The lowest BCUT2D eigenvalue weighted by Crippen LogP contribution is -2.02. The molecule has 0 aliphatic carbocycles. The van der Waals surface area contributed by atoms with E-state index in [-0.39, 0.29) is 6.42 Å². The Labute approximate surface area is 119 Å². The highest BCUT2D eigenvalue weighted by Crippen LogP contribution is 2.33. The van der Waals surface area contributed by atoms with Crippen molar-refractivity contribution in [3.8, 4) is 11.1 Å². The van der Waals surface area contributed by atoms with Crippen molar-refractivity contribution in [3.63, 3.8) is 0 Å². The standard InChI is InChI=1S/C14H9Cl2FO2/c15-9-1-3-12(13(16)7-9)11-4-2-10(17)5-8(11)6-14(18)19/h1-5,7H,6H2,(H,18,19). The van der Waals surface area contributed by atoms with Crippen LogP contribution < -0.4 is 0 Å². The average Bonchev–Trinajstić information content (AvgIpc) is 2.30. The van der Waals surface area contributed by atoms with Crippen molar-refractivity contribution in [3.05, 3.63) is 57.8 Å². The lowest BCUT2D eigenvalue weighted by Gasteiger charge is -2.10. The zero-order valence-electron chi connectivity index (χ0n) is 9.66. The van der Waals surface area contributed by atoms with Crippen molar-refractivity contribution in [2.24, 2.45) is 0 Å². The normalized spacial score (nSPS) is 10.5. The van der Waals surface area contributed by atoms with E-state index in [2.05, 4.69) is 0 Å². The molecule has 1 N–H and O–H groups in total. The van der Waals surface area contributed by atoms with Gasteiger partial charge >= 0.3 is 5.97 Å². The first-order chi connectivity index (χ1) is 8.97. The van der Waals surface area contributed by atoms with Crippen LogP contribution in [0.1, 0.15) is 5.56 Å². The molecule has 2 rings (SSSR count). The topological polar surface area (TPSA) is 37.3 Å². The summed E-state index contributed by atoms with van der Waals surface area (Å²) in [6.45, 7) is 0. The number of hydrogen-bond acceptors (Lipinski definition) is 1. The fraction of sp³-hybridized carbons (Fsp3) is 0.0714. The summed E-state index contributed by atoms with van der Waals surface area (Å²) in [5.41, 5.74) is 1.59. The van der Waals surface area contributed by atoms with Crippen molar-refractivity contribution in [1.82, 2.24) is 0 Å². The van der Waals surface area contributed by atoms with Crippen molar-refractivity contribution < 1.29 is 14.3 Å². The van der Waals surface area contributed by atoms with Crippen LogP contribution in [0.3, 0.4) is 0 Å². The molecule has 0 heterocycles. The largest absolute Gasteiger partial charge is 0.481 e. The zero-order valence-corrected chi connectivity index (χ0v) is 11.2. The van der Waals surface area contributed by atoms with Gasteiger partial charge < -0.3 is 5.11 Å². The summed E-state index contributed by atoms with van der Waals surface area (Å²) in [5.74, 6) is -1.51. The molecule has 0 amide bonds. The fourth-order valence-corrected chi connectivity index (χ4v) is 2.35. The van der Waals surface area contributed by atoms with Crippen molar-refractivity contribution >= 4 is 29.2 Å². The van der Waals surface area contributed by atoms with Gasteiger partial charge in [-0.25, -0.2) is 4.39 Å². The van der Waals surface area contributed by atoms with Crippen molar-refractivity contribution in [1.29, 1.82) is 0 Å². The van der Waals surface area contributed by atoms with Crippen LogP contribution in [0, 0.1) is 5.82 Å². The maximum absolute atomic E-state index is 13.2. The lowest BCUT2D eigenvalue weighted by molar-refractivity contribution is -0.136. The minimum atomic E-state index is -1.03. The second kappa shape index (κ2) is 5.59. The molecule has 98 valence electrons. The summed E-state index contributed by atoms with van der Waals surface area (Å²) in [5, 5.41) is 9.74. The Bertz CT molecular complexity index is 641. The van der Waals surface area contributed by atoms with E-state index in [1.807, 2.05) is 0 Å². The highest BCUT2D eigenvalue weighted by molar-refractivity contribution is 6.36. The maximum Gasteiger partial charge on any atom is 0.307 e. The number of carboxylic acid groups (broad SMARTS) is 1. The molecule has 2 aromatic carbocycles. The number of carboxylic acids is 1. The number of halogens is 3. The predicted octanol–water partition coefficient (Wildman–Crippen LogP) is 4.43. The van der Waals surface area contributed by atoms with Gasteiger partial charge in [0.15, 0.2) is 0 Å². The molecule has 0 saturated carbocycles. The smallest absolute Gasteiger partial charge is 0.307 e. The Hall–Kier alpha value is -1.58. The van der Waals surface area contributed by atoms with E-state index in [4.69, 9.17) is 28.3 Å². The number of hydrogen-bond donors (Lipinski definition) is 1. The molecule has 2 aromatic rings. The molecule has 0 fully saturated rings. The number of aliphatic carboxylic acids is 1. The highest BCUT2D eigenvalue weighted by atomic mass is 35.5. The second-order valence-electron chi connectivity index (χ2n) is 4.00.